The molecule has 0 unspecified atom stereocenters. The summed E-state index contributed by atoms with van der Waals surface area (Å²) < 4.78 is 20.0. The van der Waals surface area contributed by atoms with Crippen LogP contribution in [0.5, 0.6) is 0 Å². The Hall–Kier alpha value is -2.63. The Morgan fingerprint density at radius 2 is 1.83 bits per heavy atom. The van der Waals surface area contributed by atoms with E-state index in [9.17, 15) is 14.0 Å². The van der Waals surface area contributed by atoms with Crippen molar-refractivity contribution in [3.8, 4) is 0 Å². The van der Waals surface area contributed by atoms with E-state index in [1.165, 1.54) is 30.9 Å². The van der Waals surface area contributed by atoms with Gasteiger partial charge in [0.1, 0.15) is 17.2 Å². The van der Waals surface area contributed by atoms with Crippen molar-refractivity contribution >= 4 is 17.5 Å². The molecule has 130 valence electrons. The van der Waals surface area contributed by atoms with Crippen LogP contribution in [0, 0.1) is 19.7 Å². The molecule has 24 heavy (non-hydrogen) atoms. The normalized spacial score (nSPS) is 9.79. The number of esters is 1. The van der Waals surface area contributed by atoms with Crippen molar-refractivity contribution < 1.29 is 13.9 Å². The van der Waals surface area contributed by atoms with Crippen molar-refractivity contribution in [1.29, 1.82) is 0 Å². The summed E-state index contributed by atoms with van der Waals surface area (Å²) in [6.07, 6.45) is 0. The van der Waals surface area contributed by atoms with E-state index in [1.54, 1.807) is 26.0 Å². The van der Waals surface area contributed by atoms with Crippen LogP contribution in [0.15, 0.2) is 29.1 Å². The van der Waals surface area contributed by atoms with Gasteiger partial charge in [-0.05, 0) is 37.6 Å². The second-order valence-electron chi connectivity index (χ2n) is 5.05. The van der Waals surface area contributed by atoms with E-state index >= 15 is 0 Å². The van der Waals surface area contributed by atoms with Crippen LogP contribution in [-0.4, -0.2) is 17.6 Å². The summed E-state index contributed by atoms with van der Waals surface area (Å²) in [4.78, 5) is 24.0. The number of ether oxygens (including phenoxy) is 1. The zero-order valence-electron chi connectivity index (χ0n) is 14.9. The molecule has 2 aromatic rings. The van der Waals surface area contributed by atoms with Crippen LogP contribution in [0.25, 0.3) is 0 Å². The Labute approximate surface area is 141 Å². The molecule has 1 N–H and O–H groups in total. The van der Waals surface area contributed by atoms with Crippen LogP contribution in [0.2, 0.25) is 0 Å². The highest BCUT2D eigenvalue weighted by atomic mass is 19.1. The number of aryl methyl sites for hydroxylation is 2. The topological polar surface area (TPSA) is 60.3 Å². The van der Waals surface area contributed by atoms with Crippen molar-refractivity contribution in [2.45, 2.75) is 27.7 Å². The van der Waals surface area contributed by atoms with E-state index < -0.39 is 11.8 Å². The van der Waals surface area contributed by atoms with Gasteiger partial charge in [0.15, 0.2) is 0 Å². The molecule has 0 aliphatic carbocycles. The summed E-state index contributed by atoms with van der Waals surface area (Å²) in [7, 11) is 2.76. The molecule has 1 heterocycles. The van der Waals surface area contributed by atoms with Gasteiger partial charge in [0.25, 0.3) is 5.56 Å². The summed E-state index contributed by atoms with van der Waals surface area (Å²) in [5.74, 6) is -0.886. The van der Waals surface area contributed by atoms with Gasteiger partial charge in [0.2, 0.25) is 0 Å². The maximum absolute atomic E-state index is 14.0. The van der Waals surface area contributed by atoms with E-state index in [0.29, 0.717) is 5.56 Å². The molecule has 0 radical (unpaired) electrons. The molecule has 0 spiro atoms. The molecule has 0 amide bonds. The lowest BCUT2D eigenvalue weighted by Gasteiger charge is -2.16. The number of aromatic nitrogens is 1. The molecule has 0 saturated carbocycles. The lowest BCUT2D eigenvalue weighted by molar-refractivity contribution is 0.0601. The molecule has 5 nitrogen and oxygen atoms in total. The highest BCUT2D eigenvalue weighted by Gasteiger charge is 2.18. The first kappa shape index (κ1) is 19.4. The Morgan fingerprint density at radius 3 is 2.38 bits per heavy atom. The summed E-state index contributed by atoms with van der Waals surface area (Å²) in [5, 5.41) is 2.81. The Bertz CT molecular complexity index is 798. The van der Waals surface area contributed by atoms with Gasteiger partial charge < -0.3 is 10.1 Å². The van der Waals surface area contributed by atoms with Crippen molar-refractivity contribution in [3.63, 3.8) is 0 Å². The lowest BCUT2D eigenvalue weighted by atomic mass is 10.1. The predicted octanol–water partition coefficient (Wildman–Crippen LogP) is 3.70. The summed E-state index contributed by atoms with van der Waals surface area (Å²) in [6, 6.07) is 6.08. The number of benzene rings is 1. The zero-order chi connectivity index (χ0) is 18.4. The summed E-state index contributed by atoms with van der Waals surface area (Å²) >= 11 is 0. The fraction of sp³-hybridized carbons (Fsp3) is 0.333. The fourth-order valence-electron chi connectivity index (χ4n) is 2.16. The maximum atomic E-state index is 14.0. The maximum Gasteiger partial charge on any atom is 0.341 e. The van der Waals surface area contributed by atoms with Gasteiger partial charge in [-0.15, -0.1) is 0 Å². The second kappa shape index (κ2) is 8.29. The average molecular weight is 334 g/mol. The van der Waals surface area contributed by atoms with Gasteiger partial charge in [0.05, 0.1) is 12.8 Å². The number of anilines is 2. The number of nitrogens with zero attached hydrogens (tertiary/aromatic N) is 1. The van der Waals surface area contributed by atoms with Gasteiger partial charge in [-0.1, -0.05) is 19.9 Å². The standard InChI is InChI=1S/C16H17FN2O3.C2H6/c1-9-5-6-13(12(17)7-9)18-14-11(16(21)22-4)8-10(2)15(20)19(14)3;1-2/h5-8,18H,1-4H3;1-2H3. The molecular weight excluding hydrogens is 311 g/mol. The molecule has 0 fully saturated rings. The molecule has 0 aliphatic heterocycles. The first-order valence-electron chi connectivity index (χ1n) is 7.67. The monoisotopic (exact) mass is 334 g/mol. The molecule has 0 atom stereocenters. The number of carbonyl (C=O) groups excluding carboxylic acids is 1. The summed E-state index contributed by atoms with van der Waals surface area (Å²) in [6.45, 7) is 7.37. The first-order valence-corrected chi connectivity index (χ1v) is 7.67. The molecule has 0 aliphatic rings. The fourth-order valence-corrected chi connectivity index (χ4v) is 2.16. The van der Waals surface area contributed by atoms with Crippen molar-refractivity contribution in [2.75, 3.05) is 12.4 Å². The molecule has 1 aromatic carbocycles. The van der Waals surface area contributed by atoms with E-state index in [0.717, 1.165) is 5.56 Å². The number of pyridine rings is 1. The highest BCUT2D eigenvalue weighted by Crippen LogP contribution is 2.23. The van der Waals surface area contributed by atoms with E-state index in [1.807, 2.05) is 13.8 Å². The number of nitrogens with one attached hydrogen (secondary N) is 1. The largest absolute Gasteiger partial charge is 0.465 e. The third kappa shape index (κ3) is 4.01. The molecule has 0 saturated heterocycles. The van der Waals surface area contributed by atoms with Gasteiger partial charge in [-0.3, -0.25) is 9.36 Å². The number of methoxy groups -OCH3 is 1. The van der Waals surface area contributed by atoms with Gasteiger partial charge in [-0.25, -0.2) is 9.18 Å². The Balaban J connectivity index is 0.00000139. The second-order valence-corrected chi connectivity index (χ2v) is 5.05. The Morgan fingerprint density at radius 1 is 1.21 bits per heavy atom. The van der Waals surface area contributed by atoms with Crippen LogP contribution in [0.4, 0.5) is 15.9 Å². The third-order valence-electron chi connectivity index (χ3n) is 3.38. The molecule has 0 bridgehead atoms. The third-order valence-corrected chi connectivity index (χ3v) is 3.38. The van der Waals surface area contributed by atoms with Crippen LogP contribution < -0.4 is 10.9 Å². The number of hydrogen-bond donors (Lipinski definition) is 1. The van der Waals surface area contributed by atoms with Gasteiger partial charge in [-0.2, -0.15) is 0 Å². The van der Waals surface area contributed by atoms with Crippen LogP contribution in [0.1, 0.15) is 35.3 Å². The summed E-state index contributed by atoms with van der Waals surface area (Å²) in [5.41, 5.74) is 1.24. The van der Waals surface area contributed by atoms with Crippen molar-refractivity contribution in [3.05, 3.63) is 57.1 Å². The number of carbonyl (C=O) groups is 1. The van der Waals surface area contributed by atoms with Gasteiger partial charge >= 0.3 is 5.97 Å². The molecular formula is C18H23FN2O3. The van der Waals surface area contributed by atoms with E-state index in [4.69, 9.17) is 4.74 Å². The average Bonchev–Trinajstić information content (AvgIpc) is 2.58. The predicted molar refractivity (Wildman–Crippen MR) is 93.5 cm³/mol. The lowest BCUT2D eigenvalue weighted by Crippen LogP contribution is -2.25. The van der Waals surface area contributed by atoms with E-state index in [-0.39, 0.29) is 22.6 Å². The number of halogens is 1. The minimum Gasteiger partial charge on any atom is -0.465 e. The smallest absolute Gasteiger partial charge is 0.341 e. The van der Waals surface area contributed by atoms with Crippen LogP contribution >= 0.6 is 0 Å². The Kier molecular flexibility index (Phi) is 6.70. The minimum atomic E-state index is -0.603. The van der Waals surface area contributed by atoms with Crippen LogP contribution in [-0.2, 0) is 11.8 Å². The zero-order valence-corrected chi connectivity index (χ0v) is 14.9. The first-order chi connectivity index (χ1) is 11.3. The minimum absolute atomic E-state index is 0.169. The van der Waals surface area contributed by atoms with Crippen molar-refractivity contribution in [1.82, 2.24) is 4.57 Å². The van der Waals surface area contributed by atoms with Crippen molar-refractivity contribution in [2.24, 2.45) is 7.05 Å². The molecule has 6 heteroatoms. The molecule has 1 aromatic heterocycles. The number of rotatable bonds is 3. The quantitative estimate of drug-likeness (QED) is 0.870. The van der Waals surface area contributed by atoms with E-state index in [2.05, 4.69) is 5.32 Å². The van der Waals surface area contributed by atoms with Gasteiger partial charge in [0, 0.05) is 12.6 Å². The number of hydrogen-bond acceptors (Lipinski definition) is 4. The SMILES string of the molecule is CC.COC(=O)c1cc(C)c(=O)n(C)c1Nc1ccc(C)cc1F. The highest BCUT2D eigenvalue weighted by molar-refractivity contribution is 5.95. The molecule has 2 rings (SSSR count). The van der Waals surface area contributed by atoms with Crippen LogP contribution in [0.3, 0.4) is 0 Å².